The van der Waals surface area contributed by atoms with Crippen molar-refractivity contribution >= 4 is 21.6 Å². The Labute approximate surface area is 124 Å². The maximum absolute atomic E-state index is 5.90. The number of nitrogen functional groups attached to an aromatic ring is 1. The highest BCUT2D eigenvalue weighted by Gasteiger charge is 2.14. The van der Waals surface area contributed by atoms with Crippen molar-refractivity contribution in [2.45, 2.75) is 6.92 Å². The molecule has 0 bridgehead atoms. The number of hydrogen-bond donors (Lipinski definition) is 1. The number of aromatic nitrogens is 2. The van der Waals surface area contributed by atoms with E-state index in [2.05, 4.69) is 26.1 Å². The van der Waals surface area contributed by atoms with Crippen molar-refractivity contribution in [3.05, 3.63) is 52.5 Å². The molecule has 0 saturated carbocycles. The number of halogens is 1. The van der Waals surface area contributed by atoms with E-state index < -0.39 is 0 Å². The van der Waals surface area contributed by atoms with Gasteiger partial charge < -0.3 is 10.3 Å². The Kier molecular flexibility index (Phi) is 3.28. The first-order chi connectivity index (χ1) is 9.66. The van der Waals surface area contributed by atoms with Crippen molar-refractivity contribution in [1.29, 1.82) is 0 Å². The SMILES string of the molecule is Cc1c(N)cccc1-c1nc(-c2ccccc2Br)no1. The second-order valence-electron chi connectivity index (χ2n) is 4.42. The van der Waals surface area contributed by atoms with Crippen LogP contribution in [0.15, 0.2) is 51.5 Å². The monoisotopic (exact) mass is 329 g/mol. The molecule has 0 aliphatic heterocycles. The molecule has 0 spiro atoms. The lowest BCUT2D eigenvalue weighted by Gasteiger charge is -2.03. The number of anilines is 1. The van der Waals surface area contributed by atoms with Crippen LogP contribution in [0.5, 0.6) is 0 Å². The standard InChI is InChI=1S/C15H12BrN3O/c1-9-10(6-4-8-13(9)17)15-18-14(19-20-15)11-5-2-3-7-12(11)16/h2-8H,17H2,1H3. The third-order valence-corrected chi connectivity index (χ3v) is 3.84. The Morgan fingerprint density at radius 2 is 1.80 bits per heavy atom. The van der Waals surface area contributed by atoms with E-state index in [1.165, 1.54) is 0 Å². The topological polar surface area (TPSA) is 64.9 Å². The molecule has 100 valence electrons. The summed E-state index contributed by atoms with van der Waals surface area (Å²) >= 11 is 3.48. The zero-order valence-electron chi connectivity index (χ0n) is 10.8. The molecule has 0 atom stereocenters. The van der Waals surface area contributed by atoms with Crippen LogP contribution in [0.2, 0.25) is 0 Å². The molecule has 0 unspecified atom stereocenters. The molecule has 0 radical (unpaired) electrons. The minimum Gasteiger partial charge on any atom is -0.398 e. The van der Waals surface area contributed by atoms with Gasteiger partial charge in [-0.3, -0.25) is 0 Å². The summed E-state index contributed by atoms with van der Waals surface area (Å²) in [5.74, 6) is 1.02. The first kappa shape index (κ1) is 12.9. The van der Waals surface area contributed by atoms with Crippen molar-refractivity contribution in [2.75, 3.05) is 5.73 Å². The summed E-state index contributed by atoms with van der Waals surface area (Å²) in [6.07, 6.45) is 0. The number of rotatable bonds is 2. The third kappa shape index (κ3) is 2.20. The molecule has 2 N–H and O–H groups in total. The van der Waals surface area contributed by atoms with Gasteiger partial charge >= 0.3 is 0 Å². The second-order valence-corrected chi connectivity index (χ2v) is 5.28. The van der Waals surface area contributed by atoms with Crippen LogP contribution in [0.25, 0.3) is 22.8 Å². The van der Waals surface area contributed by atoms with E-state index in [0.717, 1.165) is 21.2 Å². The van der Waals surface area contributed by atoms with E-state index in [4.69, 9.17) is 10.3 Å². The van der Waals surface area contributed by atoms with Crippen molar-refractivity contribution in [3.63, 3.8) is 0 Å². The van der Waals surface area contributed by atoms with E-state index in [9.17, 15) is 0 Å². The first-order valence-electron chi connectivity index (χ1n) is 6.11. The van der Waals surface area contributed by atoms with Crippen molar-refractivity contribution in [2.24, 2.45) is 0 Å². The molecule has 2 aromatic carbocycles. The molecule has 20 heavy (non-hydrogen) atoms. The molecule has 0 aliphatic carbocycles. The fraction of sp³-hybridized carbons (Fsp3) is 0.0667. The number of hydrogen-bond acceptors (Lipinski definition) is 4. The highest BCUT2D eigenvalue weighted by molar-refractivity contribution is 9.10. The number of nitrogens with two attached hydrogens (primary N) is 1. The summed E-state index contributed by atoms with van der Waals surface area (Å²) in [6.45, 7) is 1.94. The molecular formula is C15H12BrN3O. The summed E-state index contributed by atoms with van der Waals surface area (Å²) in [5, 5.41) is 4.04. The van der Waals surface area contributed by atoms with Crippen LogP contribution >= 0.6 is 15.9 Å². The maximum atomic E-state index is 5.90. The minimum absolute atomic E-state index is 0.473. The summed E-state index contributed by atoms with van der Waals surface area (Å²) in [4.78, 5) is 4.45. The van der Waals surface area contributed by atoms with Crippen LogP contribution in [0.1, 0.15) is 5.56 Å². The molecule has 1 heterocycles. The molecular weight excluding hydrogens is 318 g/mol. The van der Waals surface area contributed by atoms with Gasteiger partial charge in [-0.25, -0.2) is 0 Å². The molecule has 5 heteroatoms. The largest absolute Gasteiger partial charge is 0.398 e. The molecule has 3 aromatic rings. The average molecular weight is 330 g/mol. The Bertz CT molecular complexity index is 767. The van der Waals surface area contributed by atoms with Gasteiger partial charge in [-0.15, -0.1) is 0 Å². The molecule has 4 nitrogen and oxygen atoms in total. The van der Waals surface area contributed by atoms with Gasteiger partial charge in [0.05, 0.1) is 0 Å². The lowest BCUT2D eigenvalue weighted by Crippen LogP contribution is -1.92. The van der Waals surface area contributed by atoms with E-state index in [1.807, 2.05) is 49.4 Å². The number of nitrogens with zero attached hydrogens (tertiary/aromatic N) is 2. The number of benzene rings is 2. The summed E-state index contributed by atoms with van der Waals surface area (Å²) in [7, 11) is 0. The molecule has 1 aromatic heterocycles. The van der Waals surface area contributed by atoms with E-state index in [-0.39, 0.29) is 0 Å². The van der Waals surface area contributed by atoms with Crippen LogP contribution in [0.3, 0.4) is 0 Å². The third-order valence-electron chi connectivity index (χ3n) is 3.15. The predicted octanol–water partition coefficient (Wildman–Crippen LogP) is 4.06. The van der Waals surface area contributed by atoms with Crippen LogP contribution in [0.4, 0.5) is 5.69 Å². The Morgan fingerprint density at radius 1 is 1.05 bits per heavy atom. The normalized spacial score (nSPS) is 10.7. The predicted molar refractivity (Wildman–Crippen MR) is 82.0 cm³/mol. The summed E-state index contributed by atoms with van der Waals surface area (Å²) in [5.41, 5.74) is 9.30. The van der Waals surface area contributed by atoms with E-state index in [0.29, 0.717) is 17.4 Å². The highest BCUT2D eigenvalue weighted by atomic mass is 79.9. The van der Waals surface area contributed by atoms with Crippen LogP contribution in [0, 0.1) is 6.92 Å². The van der Waals surface area contributed by atoms with Gasteiger partial charge in [0, 0.05) is 21.3 Å². The fourth-order valence-corrected chi connectivity index (χ4v) is 2.43. The highest BCUT2D eigenvalue weighted by Crippen LogP contribution is 2.30. The quantitative estimate of drug-likeness (QED) is 0.720. The zero-order valence-corrected chi connectivity index (χ0v) is 12.4. The van der Waals surface area contributed by atoms with E-state index >= 15 is 0 Å². The Balaban J connectivity index is 2.07. The average Bonchev–Trinajstić information content (AvgIpc) is 2.92. The van der Waals surface area contributed by atoms with Crippen LogP contribution in [-0.4, -0.2) is 10.1 Å². The zero-order chi connectivity index (χ0) is 14.1. The van der Waals surface area contributed by atoms with Gasteiger partial charge in [-0.05, 0) is 36.8 Å². The smallest absolute Gasteiger partial charge is 0.258 e. The van der Waals surface area contributed by atoms with Gasteiger partial charge in [0.1, 0.15) is 0 Å². The lowest BCUT2D eigenvalue weighted by molar-refractivity contribution is 0.432. The summed E-state index contributed by atoms with van der Waals surface area (Å²) in [6, 6.07) is 13.4. The minimum atomic E-state index is 0.473. The van der Waals surface area contributed by atoms with Gasteiger partial charge in [0.25, 0.3) is 5.89 Å². The second kappa shape index (κ2) is 5.09. The molecule has 0 fully saturated rings. The first-order valence-corrected chi connectivity index (χ1v) is 6.90. The fourth-order valence-electron chi connectivity index (χ4n) is 1.97. The van der Waals surface area contributed by atoms with Gasteiger partial charge in [0.2, 0.25) is 5.82 Å². The van der Waals surface area contributed by atoms with E-state index in [1.54, 1.807) is 0 Å². The van der Waals surface area contributed by atoms with Crippen molar-refractivity contribution in [1.82, 2.24) is 10.1 Å². The molecule has 0 aliphatic rings. The van der Waals surface area contributed by atoms with Crippen molar-refractivity contribution < 1.29 is 4.52 Å². The Hall–Kier alpha value is -2.14. The molecule has 0 saturated heterocycles. The van der Waals surface area contributed by atoms with Crippen molar-refractivity contribution in [3.8, 4) is 22.8 Å². The van der Waals surface area contributed by atoms with Gasteiger partial charge in [0.15, 0.2) is 0 Å². The van der Waals surface area contributed by atoms with Crippen LogP contribution < -0.4 is 5.73 Å². The molecule has 3 rings (SSSR count). The maximum Gasteiger partial charge on any atom is 0.258 e. The van der Waals surface area contributed by atoms with Crippen LogP contribution in [-0.2, 0) is 0 Å². The Morgan fingerprint density at radius 3 is 2.60 bits per heavy atom. The lowest BCUT2D eigenvalue weighted by atomic mass is 10.1. The van der Waals surface area contributed by atoms with Gasteiger partial charge in [-0.2, -0.15) is 4.98 Å². The molecule has 0 amide bonds. The summed E-state index contributed by atoms with van der Waals surface area (Å²) < 4.78 is 6.29. The van der Waals surface area contributed by atoms with Gasteiger partial charge in [-0.1, -0.05) is 39.3 Å².